The zero-order valence-corrected chi connectivity index (χ0v) is 19.3. The molecule has 0 aliphatic carbocycles. The topological polar surface area (TPSA) is 51.9 Å². The van der Waals surface area contributed by atoms with E-state index in [2.05, 4.69) is 27.2 Å². The van der Waals surface area contributed by atoms with Gasteiger partial charge >= 0.3 is 0 Å². The fraction of sp³-hybridized carbons (Fsp3) is 0.308. The van der Waals surface area contributed by atoms with Crippen LogP contribution in [0.2, 0.25) is 0 Å². The van der Waals surface area contributed by atoms with Gasteiger partial charge in [0.2, 0.25) is 5.72 Å². The molecule has 0 amide bonds. The van der Waals surface area contributed by atoms with E-state index in [1.165, 1.54) is 0 Å². The first kappa shape index (κ1) is 21.2. The van der Waals surface area contributed by atoms with Gasteiger partial charge in [-0.2, -0.15) is 0 Å². The fourth-order valence-electron chi connectivity index (χ4n) is 4.50. The number of oxime groups is 1. The highest BCUT2D eigenvalue weighted by Gasteiger charge is 2.46. The van der Waals surface area contributed by atoms with Crippen molar-refractivity contribution in [2.75, 3.05) is 13.7 Å². The van der Waals surface area contributed by atoms with Crippen LogP contribution in [0.5, 0.6) is 5.75 Å². The maximum absolute atomic E-state index is 14.3. The number of rotatable bonds is 4. The average Bonchev–Trinajstić information content (AvgIpc) is 3.40. The standard InChI is InChI=1S/C26H27FN4O2/c1-17-7-9-21(14-22(17)27)26(3)31-11-5-6-20(25(31)29-33-26)12-19-8-10-23(24(13-19)32-4)30-15-18(2)28-16-30/h7-10,12-16H,5-6,11H2,1-4H3/b20-12+. The van der Waals surface area contributed by atoms with E-state index in [0.29, 0.717) is 5.56 Å². The van der Waals surface area contributed by atoms with Crippen molar-refractivity contribution in [2.24, 2.45) is 5.16 Å². The largest absolute Gasteiger partial charge is 0.495 e. The van der Waals surface area contributed by atoms with Crippen LogP contribution in [0.3, 0.4) is 0 Å². The molecule has 3 heterocycles. The van der Waals surface area contributed by atoms with Gasteiger partial charge in [-0.25, -0.2) is 9.37 Å². The molecule has 2 aromatic carbocycles. The number of nitrogens with zero attached hydrogens (tertiary/aromatic N) is 4. The molecule has 1 aromatic heterocycles. The molecule has 7 heteroatoms. The number of piperidine rings is 1. The maximum Gasteiger partial charge on any atom is 0.234 e. The molecule has 0 spiro atoms. The summed E-state index contributed by atoms with van der Waals surface area (Å²) in [5.41, 5.74) is 4.52. The third-order valence-corrected chi connectivity index (χ3v) is 6.44. The van der Waals surface area contributed by atoms with Crippen LogP contribution in [0.15, 0.2) is 59.7 Å². The molecule has 1 fully saturated rings. The second-order valence-electron chi connectivity index (χ2n) is 8.73. The molecular weight excluding hydrogens is 419 g/mol. The van der Waals surface area contributed by atoms with Gasteiger partial charge in [-0.3, -0.25) is 0 Å². The fourth-order valence-corrected chi connectivity index (χ4v) is 4.50. The number of halogens is 1. The van der Waals surface area contributed by atoms with Gasteiger partial charge in [-0.15, -0.1) is 0 Å². The highest BCUT2D eigenvalue weighted by atomic mass is 19.1. The van der Waals surface area contributed by atoms with Crippen molar-refractivity contribution in [3.63, 3.8) is 0 Å². The summed E-state index contributed by atoms with van der Waals surface area (Å²) < 4.78 is 21.9. The molecule has 3 aromatic rings. The summed E-state index contributed by atoms with van der Waals surface area (Å²) in [7, 11) is 1.67. The number of hydrogen-bond donors (Lipinski definition) is 0. The molecule has 1 unspecified atom stereocenters. The van der Waals surface area contributed by atoms with Crippen LogP contribution in [0.1, 0.15) is 42.1 Å². The van der Waals surface area contributed by atoms with Crippen molar-refractivity contribution >= 4 is 11.9 Å². The van der Waals surface area contributed by atoms with Crippen LogP contribution in [0, 0.1) is 19.7 Å². The SMILES string of the molecule is COc1cc(/C=C2\CCCN3C2=NOC3(C)c2ccc(C)c(F)c2)ccc1-n1cnc(C)c1. The first-order chi connectivity index (χ1) is 15.9. The average molecular weight is 447 g/mol. The van der Waals surface area contributed by atoms with Gasteiger partial charge in [0.25, 0.3) is 0 Å². The van der Waals surface area contributed by atoms with Crippen molar-refractivity contribution in [3.05, 3.63) is 82.7 Å². The Kier molecular flexibility index (Phi) is 5.19. The quantitative estimate of drug-likeness (QED) is 0.543. The summed E-state index contributed by atoms with van der Waals surface area (Å²) in [6, 6.07) is 11.3. The molecule has 1 atom stereocenters. The van der Waals surface area contributed by atoms with E-state index >= 15 is 0 Å². The van der Waals surface area contributed by atoms with Gasteiger partial charge in [0, 0.05) is 25.2 Å². The number of hydrogen-bond acceptors (Lipinski definition) is 5. The molecule has 0 radical (unpaired) electrons. The number of benzene rings is 2. The Morgan fingerprint density at radius 3 is 2.76 bits per heavy atom. The van der Waals surface area contributed by atoms with E-state index in [1.807, 2.05) is 42.8 Å². The lowest BCUT2D eigenvalue weighted by molar-refractivity contribution is -0.0914. The highest BCUT2D eigenvalue weighted by Crippen LogP contribution is 2.40. The summed E-state index contributed by atoms with van der Waals surface area (Å²) in [6.45, 7) is 6.46. The zero-order valence-electron chi connectivity index (χ0n) is 19.3. The minimum Gasteiger partial charge on any atom is -0.495 e. The van der Waals surface area contributed by atoms with Crippen molar-refractivity contribution in [1.82, 2.24) is 14.5 Å². The predicted molar refractivity (Wildman–Crippen MR) is 126 cm³/mol. The summed E-state index contributed by atoms with van der Waals surface area (Å²) in [6.07, 6.45) is 7.72. The van der Waals surface area contributed by atoms with Crippen LogP contribution in [0.25, 0.3) is 11.8 Å². The number of ether oxygens (including phenoxy) is 1. The van der Waals surface area contributed by atoms with Gasteiger partial charge in [0.1, 0.15) is 11.6 Å². The Hall–Kier alpha value is -3.61. The number of imidazole rings is 1. The van der Waals surface area contributed by atoms with Gasteiger partial charge in [-0.1, -0.05) is 23.4 Å². The third-order valence-electron chi connectivity index (χ3n) is 6.44. The monoisotopic (exact) mass is 446 g/mol. The van der Waals surface area contributed by atoms with Crippen molar-refractivity contribution in [2.45, 2.75) is 39.3 Å². The van der Waals surface area contributed by atoms with Crippen LogP contribution < -0.4 is 4.74 Å². The van der Waals surface area contributed by atoms with Crippen molar-refractivity contribution in [1.29, 1.82) is 0 Å². The normalized spacial score (nSPS) is 21.1. The van der Waals surface area contributed by atoms with E-state index in [4.69, 9.17) is 9.57 Å². The van der Waals surface area contributed by atoms with E-state index < -0.39 is 5.72 Å². The number of amidine groups is 1. The molecule has 33 heavy (non-hydrogen) atoms. The summed E-state index contributed by atoms with van der Waals surface area (Å²) in [5.74, 6) is 1.33. The van der Waals surface area contributed by atoms with E-state index in [9.17, 15) is 4.39 Å². The molecule has 0 bridgehead atoms. The molecule has 2 aliphatic heterocycles. The van der Waals surface area contributed by atoms with Crippen LogP contribution >= 0.6 is 0 Å². The Morgan fingerprint density at radius 2 is 2.03 bits per heavy atom. The number of aromatic nitrogens is 2. The molecule has 1 saturated heterocycles. The Labute approximate surface area is 192 Å². The van der Waals surface area contributed by atoms with E-state index in [0.717, 1.165) is 59.1 Å². The number of aryl methyl sites for hydroxylation is 2. The van der Waals surface area contributed by atoms with Crippen LogP contribution in [0.4, 0.5) is 4.39 Å². The minimum atomic E-state index is -0.829. The highest BCUT2D eigenvalue weighted by molar-refractivity contribution is 6.03. The Morgan fingerprint density at radius 1 is 1.18 bits per heavy atom. The van der Waals surface area contributed by atoms with Gasteiger partial charge in [0.05, 0.1) is 24.8 Å². The van der Waals surface area contributed by atoms with Crippen molar-refractivity contribution in [3.8, 4) is 11.4 Å². The van der Waals surface area contributed by atoms with Crippen LogP contribution in [-0.2, 0) is 10.6 Å². The smallest absolute Gasteiger partial charge is 0.234 e. The lowest BCUT2D eigenvalue weighted by Gasteiger charge is -2.37. The third kappa shape index (κ3) is 3.67. The molecule has 6 nitrogen and oxygen atoms in total. The van der Waals surface area contributed by atoms with Gasteiger partial charge in [0.15, 0.2) is 5.84 Å². The molecule has 2 aliphatic rings. The Balaban J connectivity index is 1.46. The van der Waals surface area contributed by atoms with Gasteiger partial charge < -0.3 is 19.0 Å². The summed E-state index contributed by atoms with van der Waals surface area (Å²) >= 11 is 0. The summed E-state index contributed by atoms with van der Waals surface area (Å²) in [4.78, 5) is 12.4. The lowest BCUT2D eigenvalue weighted by atomic mass is 9.95. The molecule has 0 saturated carbocycles. The van der Waals surface area contributed by atoms with E-state index in [-0.39, 0.29) is 5.82 Å². The van der Waals surface area contributed by atoms with Crippen molar-refractivity contribution < 1.29 is 14.0 Å². The maximum atomic E-state index is 14.3. The zero-order chi connectivity index (χ0) is 23.2. The molecule has 170 valence electrons. The first-order valence-electron chi connectivity index (χ1n) is 11.1. The molecule has 0 N–H and O–H groups in total. The Bertz CT molecular complexity index is 1280. The summed E-state index contributed by atoms with van der Waals surface area (Å²) in [5, 5.41) is 4.44. The second kappa shape index (κ2) is 8.06. The van der Waals surface area contributed by atoms with Crippen LogP contribution in [-0.4, -0.2) is 33.9 Å². The minimum absolute atomic E-state index is 0.237. The second-order valence-corrected chi connectivity index (χ2v) is 8.73. The predicted octanol–water partition coefficient (Wildman–Crippen LogP) is 5.33. The van der Waals surface area contributed by atoms with E-state index in [1.54, 1.807) is 32.5 Å². The first-order valence-corrected chi connectivity index (χ1v) is 11.1. The number of fused-ring (bicyclic) bond motifs is 1. The number of methoxy groups -OCH3 is 1. The molecular formula is C26H27FN4O2. The lowest BCUT2D eigenvalue weighted by Crippen LogP contribution is -2.47. The van der Waals surface area contributed by atoms with Gasteiger partial charge in [-0.05, 0) is 67.7 Å². The molecule has 5 rings (SSSR count).